The first kappa shape index (κ1) is 30.6. The molecule has 0 radical (unpaired) electrons. The maximum absolute atomic E-state index is 15.1. The van der Waals surface area contributed by atoms with E-state index in [-0.39, 0.29) is 18.7 Å². The predicted octanol–water partition coefficient (Wildman–Crippen LogP) is 5.23. The second kappa shape index (κ2) is 11.2. The Hall–Kier alpha value is -5.68. The van der Waals surface area contributed by atoms with E-state index in [0.717, 1.165) is 9.58 Å². The SMILES string of the molecule is Cc1cccc(C2C3=CCn4c(=O)n(-c5ccccc5)c(=O)n4C3CC3C(=O)N(Nc4ccc(F)cc4)C(=O)C32c2ccc(Cl)cc2)c1O. The molecule has 4 atom stereocenters. The van der Waals surface area contributed by atoms with Crippen LogP contribution < -0.4 is 16.8 Å². The molecule has 2 aliphatic heterocycles. The highest BCUT2D eigenvalue weighted by molar-refractivity contribution is 6.30. The van der Waals surface area contributed by atoms with Crippen LogP contribution in [0.1, 0.15) is 35.1 Å². The van der Waals surface area contributed by atoms with Gasteiger partial charge >= 0.3 is 11.4 Å². The Balaban J connectivity index is 1.39. The summed E-state index contributed by atoms with van der Waals surface area (Å²) in [5.74, 6) is -3.73. The summed E-state index contributed by atoms with van der Waals surface area (Å²) in [6, 6.07) is 25.0. The van der Waals surface area contributed by atoms with Gasteiger partial charge in [-0.05, 0) is 78.6 Å². The van der Waals surface area contributed by atoms with Crippen molar-refractivity contribution in [2.45, 2.75) is 37.3 Å². The Bertz CT molecular complexity index is 2310. The van der Waals surface area contributed by atoms with Gasteiger partial charge in [0.05, 0.1) is 35.3 Å². The number of rotatable bonds is 5. The van der Waals surface area contributed by atoms with Crippen molar-refractivity contribution in [3.05, 3.63) is 157 Å². The number of aryl methyl sites for hydroxylation is 1. The van der Waals surface area contributed by atoms with Crippen LogP contribution in [0.5, 0.6) is 5.75 Å². The molecule has 4 aromatic carbocycles. The number of nitrogens with zero attached hydrogens (tertiary/aromatic N) is 4. The summed E-state index contributed by atoms with van der Waals surface area (Å²) in [6.45, 7) is 1.76. The predicted molar refractivity (Wildman–Crippen MR) is 180 cm³/mol. The number of anilines is 1. The van der Waals surface area contributed by atoms with Gasteiger partial charge in [-0.3, -0.25) is 15.0 Å². The van der Waals surface area contributed by atoms with Crippen molar-refractivity contribution in [1.82, 2.24) is 18.9 Å². The van der Waals surface area contributed by atoms with Crippen molar-refractivity contribution in [3.8, 4) is 11.4 Å². The fraction of sp³-hybridized carbons (Fsp3) is 0.189. The van der Waals surface area contributed by atoms with Crippen LogP contribution in [0.3, 0.4) is 0 Å². The number of phenolic OH excluding ortho intramolecular Hbond substituents is 1. The zero-order valence-corrected chi connectivity index (χ0v) is 26.8. The van der Waals surface area contributed by atoms with E-state index in [9.17, 15) is 23.9 Å². The summed E-state index contributed by atoms with van der Waals surface area (Å²) in [5, 5.41) is 13.0. The van der Waals surface area contributed by atoms with Crippen molar-refractivity contribution < 1.29 is 19.1 Å². The molecule has 0 spiro atoms. The Morgan fingerprint density at radius 3 is 2.31 bits per heavy atom. The number of imide groups is 1. The number of hydrogen-bond acceptors (Lipinski definition) is 6. The quantitative estimate of drug-likeness (QED) is 0.195. The highest BCUT2D eigenvalue weighted by atomic mass is 35.5. The fourth-order valence-electron chi connectivity index (χ4n) is 7.97. The van der Waals surface area contributed by atoms with Crippen molar-refractivity contribution in [2.24, 2.45) is 5.92 Å². The van der Waals surface area contributed by atoms with E-state index in [1.54, 1.807) is 79.7 Å². The zero-order chi connectivity index (χ0) is 34.2. The van der Waals surface area contributed by atoms with Crippen LogP contribution in [-0.2, 0) is 21.5 Å². The van der Waals surface area contributed by atoms with Gasteiger partial charge in [0.1, 0.15) is 11.6 Å². The molecule has 10 nitrogen and oxygen atoms in total. The minimum Gasteiger partial charge on any atom is -0.507 e. The number of hydrogen-bond donors (Lipinski definition) is 2. The van der Waals surface area contributed by atoms with Crippen molar-refractivity contribution >= 4 is 29.1 Å². The maximum atomic E-state index is 15.1. The first-order valence-corrected chi connectivity index (χ1v) is 16.2. The number of benzene rings is 4. The lowest BCUT2D eigenvalue weighted by atomic mass is 9.53. The van der Waals surface area contributed by atoms with Crippen molar-refractivity contribution in [1.29, 1.82) is 0 Å². The molecule has 2 fully saturated rings. The van der Waals surface area contributed by atoms with Crippen LogP contribution >= 0.6 is 11.6 Å². The van der Waals surface area contributed by atoms with Crippen LogP contribution in [0.4, 0.5) is 10.1 Å². The summed E-state index contributed by atoms with van der Waals surface area (Å²) in [6.07, 6.45) is 1.82. The molecule has 0 bridgehead atoms. The monoisotopic (exact) mass is 677 g/mol. The zero-order valence-electron chi connectivity index (χ0n) is 26.1. The number of hydrazine groups is 1. The number of para-hydroxylation sites is 2. The van der Waals surface area contributed by atoms with E-state index in [2.05, 4.69) is 5.43 Å². The Morgan fingerprint density at radius 1 is 0.878 bits per heavy atom. The minimum atomic E-state index is -1.61. The molecule has 12 heteroatoms. The first-order chi connectivity index (χ1) is 23.6. The second-order valence-electron chi connectivity index (χ2n) is 12.6. The highest BCUT2D eigenvalue weighted by Crippen LogP contribution is 2.63. The number of carbonyl (C=O) groups excluding carboxylic acids is 2. The molecule has 2 N–H and O–H groups in total. The van der Waals surface area contributed by atoms with Crippen LogP contribution in [0.25, 0.3) is 5.69 Å². The van der Waals surface area contributed by atoms with E-state index in [0.29, 0.717) is 38.7 Å². The van der Waals surface area contributed by atoms with Crippen LogP contribution in [0, 0.1) is 18.7 Å². The smallest absolute Gasteiger partial charge is 0.352 e. The third-order valence-electron chi connectivity index (χ3n) is 10.1. The van der Waals surface area contributed by atoms with E-state index < -0.39 is 52.3 Å². The summed E-state index contributed by atoms with van der Waals surface area (Å²) in [5.41, 5.74) is 2.93. The number of fused-ring (bicyclic) bond motifs is 4. The van der Waals surface area contributed by atoms with Crippen molar-refractivity contribution in [2.75, 3.05) is 5.43 Å². The second-order valence-corrected chi connectivity index (χ2v) is 13.0. The molecule has 3 heterocycles. The molecular formula is C37H29ClFN5O5. The molecule has 4 unspecified atom stereocenters. The number of aromatic nitrogens is 3. The lowest BCUT2D eigenvalue weighted by molar-refractivity contribution is -0.138. The number of allylic oxidation sites excluding steroid dienone is 2. The molecule has 1 aliphatic carbocycles. The average Bonchev–Trinajstić information content (AvgIpc) is 3.48. The molecule has 8 rings (SSSR count). The van der Waals surface area contributed by atoms with Gasteiger partial charge in [0.15, 0.2) is 0 Å². The minimum absolute atomic E-state index is 0.0120. The Labute approximate surface area is 283 Å². The molecule has 3 aliphatic rings. The summed E-state index contributed by atoms with van der Waals surface area (Å²) < 4.78 is 17.6. The fourth-order valence-corrected chi connectivity index (χ4v) is 8.10. The van der Waals surface area contributed by atoms with Gasteiger partial charge < -0.3 is 5.11 Å². The van der Waals surface area contributed by atoms with Crippen LogP contribution in [-0.4, -0.2) is 35.9 Å². The number of phenols is 1. The average molecular weight is 678 g/mol. The standard InChI is InChI=1S/C37H29ClFN5O5/c1-21-6-5-9-28(32(21)45)31-27-18-19-41-35(48)42(26-7-3-2-4-8-26)36(49)44(41)30(27)20-29-33(46)43(40-25-16-14-24(39)15-17-25)34(47)37(29,31)22-10-12-23(38)13-11-22/h2-18,29-31,40,45H,19-20H2,1H3. The number of nitrogens with one attached hydrogen (secondary N) is 1. The molecule has 1 saturated carbocycles. The summed E-state index contributed by atoms with van der Waals surface area (Å²) >= 11 is 6.33. The highest BCUT2D eigenvalue weighted by Gasteiger charge is 2.69. The molecule has 5 aromatic rings. The molecule has 1 saturated heterocycles. The lowest BCUT2D eigenvalue weighted by Gasteiger charge is -2.49. The normalized spacial score (nSPS) is 22.7. The van der Waals surface area contributed by atoms with Gasteiger partial charge in [-0.25, -0.2) is 27.9 Å². The number of halogens is 2. The van der Waals surface area contributed by atoms with Crippen LogP contribution in [0.15, 0.2) is 118 Å². The van der Waals surface area contributed by atoms with Gasteiger partial charge in [-0.2, -0.15) is 5.01 Å². The molecule has 246 valence electrons. The van der Waals surface area contributed by atoms with Gasteiger partial charge in [-0.1, -0.05) is 66.2 Å². The van der Waals surface area contributed by atoms with E-state index >= 15 is 4.79 Å². The third-order valence-corrected chi connectivity index (χ3v) is 10.4. The topological polar surface area (TPSA) is 119 Å². The largest absolute Gasteiger partial charge is 0.507 e. The van der Waals surface area contributed by atoms with E-state index in [1.807, 2.05) is 6.08 Å². The number of amides is 2. The Morgan fingerprint density at radius 2 is 1.59 bits per heavy atom. The van der Waals surface area contributed by atoms with Gasteiger partial charge in [0.25, 0.3) is 11.8 Å². The van der Waals surface area contributed by atoms with E-state index in [1.165, 1.54) is 33.6 Å². The summed E-state index contributed by atoms with van der Waals surface area (Å²) in [7, 11) is 0. The van der Waals surface area contributed by atoms with Crippen LogP contribution in [0.2, 0.25) is 5.02 Å². The number of carbonyl (C=O) groups is 2. The Kier molecular flexibility index (Phi) is 7.00. The molecule has 49 heavy (non-hydrogen) atoms. The number of aromatic hydroxyl groups is 1. The molecule has 1 aromatic heterocycles. The molecular weight excluding hydrogens is 649 g/mol. The van der Waals surface area contributed by atoms with Gasteiger partial charge in [-0.15, -0.1) is 0 Å². The van der Waals surface area contributed by atoms with E-state index in [4.69, 9.17) is 11.6 Å². The molecule has 2 amide bonds. The van der Waals surface area contributed by atoms with Crippen molar-refractivity contribution in [3.63, 3.8) is 0 Å². The van der Waals surface area contributed by atoms with Gasteiger partial charge in [0.2, 0.25) is 0 Å². The first-order valence-electron chi connectivity index (χ1n) is 15.8. The van der Waals surface area contributed by atoms with Gasteiger partial charge in [0, 0.05) is 16.5 Å². The third kappa shape index (κ3) is 4.38. The maximum Gasteiger partial charge on any atom is 0.352 e. The summed E-state index contributed by atoms with van der Waals surface area (Å²) in [4.78, 5) is 57.8. The lowest BCUT2D eigenvalue weighted by Crippen LogP contribution is -2.53.